The van der Waals surface area contributed by atoms with Crippen molar-refractivity contribution in [3.8, 4) is 0 Å². The molecule has 1 heterocycles. The third kappa shape index (κ3) is 3.86. The zero-order valence-corrected chi connectivity index (χ0v) is 12.7. The van der Waals surface area contributed by atoms with Gasteiger partial charge in [0.05, 0.1) is 11.5 Å². The van der Waals surface area contributed by atoms with Gasteiger partial charge in [0, 0.05) is 24.7 Å². The summed E-state index contributed by atoms with van der Waals surface area (Å²) in [6.07, 6.45) is 0.503. The second-order valence-corrected chi connectivity index (χ2v) is 7.62. The minimum absolute atomic E-state index is 0.0497. The third-order valence-electron chi connectivity index (χ3n) is 3.41. The lowest BCUT2D eigenvalue weighted by Gasteiger charge is -2.23. The molecular weight excluding hydrogens is 300 g/mol. The molecule has 1 aliphatic rings. The minimum atomic E-state index is -2.99. The molecule has 1 fully saturated rings. The van der Waals surface area contributed by atoms with Crippen molar-refractivity contribution >= 4 is 27.5 Å². The molecule has 1 unspecified atom stereocenters. The molecule has 5 nitrogen and oxygen atoms in total. The van der Waals surface area contributed by atoms with E-state index < -0.39 is 9.84 Å². The Morgan fingerprint density at radius 1 is 1.50 bits per heavy atom. The third-order valence-corrected chi connectivity index (χ3v) is 5.39. The quantitative estimate of drug-likeness (QED) is 0.922. The number of nitrogens with one attached hydrogen (secondary N) is 1. The van der Waals surface area contributed by atoms with E-state index in [1.54, 1.807) is 19.2 Å². The predicted octanol–water partition coefficient (Wildman–Crippen LogP) is 1.67. The SMILES string of the molecule is CN(C(=O)NCc1cccc(Cl)c1)C1CCS(=O)(=O)C1. The Morgan fingerprint density at radius 2 is 2.25 bits per heavy atom. The van der Waals surface area contributed by atoms with Crippen LogP contribution >= 0.6 is 11.6 Å². The van der Waals surface area contributed by atoms with Gasteiger partial charge in [0.1, 0.15) is 0 Å². The van der Waals surface area contributed by atoms with Crippen molar-refractivity contribution in [1.82, 2.24) is 10.2 Å². The first-order valence-corrected chi connectivity index (χ1v) is 8.53. The molecule has 0 bridgehead atoms. The van der Waals surface area contributed by atoms with Crippen molar-refractivity contribution in [2.45, 2.75) is 19.0 Å². The van der Waals surface area contributed by atoms with Crippen LogP contribution in [0.4, 0.5) is 4.79 Å². The number of halogens is 1. The summed E-state index contributed by atoms with van der Waals surface area (Å²) in [5.74, 6) is 0.206. The fraction of sp³-hybridized carbons (Fsp3) is 0.462. The summed E-state index contributed by atoms with van der Waals surface area (Å²) in [4.78, 5) is 13.5. The molecule has 1 N–H and O–H groups in total. The topological polar surface area (TPSA) is 66.5 Å². The van der Waals surface area contributed by atoms with E-state index in [2.05, 4.69) is 5.32 Å². The Hall–Kier alpha value is -1.27. The number of carbonyl (C=O) groups is 1. The number of rotatable bonds is 3. The Labute approximate surface area is 123 Å². The highest BCUT2D eigenvalue weighted by Crippen LogP contribution is 2.16. The maximum absolute atomic E-state index is 12.0. The summed E-state index contributed by atoms with van der Waals surface area (Å²) < 4.78 is 22.8. The number of sulfone groups is 1. The van der Waals surface area contributed by atoms with Gasteiger partial charge in [0.2, 0.25) is 0 Å². The lowest BCUT2D eigenvalue weighted by atomic mass is 10.2. The number of carbonyl (C=O) groups excluding carboxylic acids is 1. The van der Waals surface area contributed by atoms with Gasteiger partial charge in [-0.05, 0) is 24.1 Å². The van der Waals surface area contributed by atoms with Gasteiger partial charge < -0.3 is 10.2 Å². The molecule has 0 spiro atoms. The first-order valence-electron chi connectivity index (χ1n) is 6.33. The zero-order chi connectivity index (χ0) is 14.8. The number of urea groups is 1. The molecule has 0 saturated carbocycles. The highest BCUT2D eigenvalue weighted by molar-refractivity contribution is 7.91. The van der Waals surface area contributed by atoms with E-state index in [-0.39, 0.29) is 23.6 Å². The fourth-order valence-corrected chi connectivity index (χ4v) is 4.18. The highest BCUT2D eigenvalue weighted by Gasteiger charge is 2.32. The van der Waals surface area contributed by atoms with E-state index in [1.165, 1.54) is 4.90 Å². The average molecular weight is 317 g/mol. The maximum Gasteiger partial charge on any atom is 0.317 e. The molecule has 1 aliphatic heterocycles. The molecule has 2 rings (SSSR count). The van der Waals surface area contributed by atoms with E-state index >= 15 is 0 Å². The number of nitrogens with zero attached hydrogens (tertiary/aromatic N) is 1. The van der Waals surface area contributed by atoms with Gasteiger partial charge >= 0.3 is 6.03 Å². The first kappa shape index (κ1) is 15.1. The summed E-state index contributed by atoms with van der Waals surface area (Å²) >= 11 is 5.87. The molecule has 1 atom stereocenters. The van der Waals surface area contributed by atoms with Crippen molar-refractivity contribution < 1.29 is 13.2 Å². The summed E-state index contributed by atoms with van der Waals surface area (Å²) in [6.45, 7) is 0.364. The normalized spacial score (nSPS) is 20.6. The standard InChI is InChI=1S/C13H17ClN2O3S/c1-16(12-5-6-20(18,19)9-12)13(17)15-8-10-3-2-4-11(14)7-10/h2-4,7,12H,5-6,8-9H2,1H3,(H,15,17). The molecule has 0 radical (unpaired) electrons. The number of amides is 2. The zero-order valence-electron chi connectivity index (χ0n) is 11.2. The van der Waals surface area contributed by atoms with Crippen molar-refractivity contribution in [2.24, 2.45) is 0 Å². The van der Waals surface area contributed by atoms with Gasteiger partial charge in [-0.1, -0.05) is 23.7 Å². The average Bonchev–Trinajstić information content (AvgIpc) is 2.75. The molecule has 2 amide bonds. The second kappa shape index (κ2) is 6.01. The van der Waals surface area contributed by atoms with Crippen LogP contribution in [-0.4, -0.2) is 43.9 Å². The molecule has 110 valence electrons. The van der Waals surface area contributed by atoms with E-state index in [1.807, 2.05) is 12.1 Å². The molecule has 7 heteroatoms. The smallest absolute Gasteiger partial charge is 0.317 e. The molecule has 0 aliphatic carbocycles. The van der Waals surface area contributed by atoms with Crippen molar-refractivity contribution in [1.29, 1.82) is 0 Å². The van der Waals surface area contributed by atoms with Crippen LogP contribution in [0.3, 0.4) is 0 Å². The van der Waals surface area contributed by atoms with Gasteiger partial charge in [0.25, 0.3) is 0 Å². The Kier molecular flexibility index (Phi) is 4.55. The van der Waals surface area contributed by atoms with Crippen molar-refractivity contribution in [3.05, 3.63) is 34.9 Å². The lowest BCUT2D eigenvalue weighted by Crippen LogP contribution is -2.43. The van der Waals surface area contributed by atoms with Gasteiger partial charge in [-0.3, -0.25) is 0 Å². The summed E-state index contributed by atoms with van der Waals surface area (Å²) in [5.41, 5.74) is 0.901. The van der Waals surface area contributed by atoms with Gasteiger partial charge in [0.15, 0.2) is 9.84 Å². The van der Waals surface area contributed by atoms with Crippen LogP contribution in [0.5, 0.6) is 0 Å². The van der Waals surface area contributed by atoms with E-state index in [0.29, 0.717) is 18.0 Å². The monoisotopic (exact) mass is 316 g/mol. The van der Waals surface area contributed by atoms with Crippen LogP contribution in [-0.2, 0) is 16.4 Å². The number of hydrogen-bond acceptors (Lipinski definition) is 3. The molecule has 20 heavy (non-hydrogen) atoms. The first-order chi connectivity index (χ1) is 9.37. The van der Waals surface area contributed by atoms with Crippen LogP contribution < -0.4 is 5.32 Å². The predicted molar refractivity (Wildman–Crippen MR) is 78.5 cm³/mol. The summed E-state index contributed by atoms with van der Waals surface area (Å²) in [7, 11) is -1.36. The van der Waals surface area contributed by atoms with Crippen molar-refractivity contribution in [3.63, 3.8) is 0 Å². The Morgan fingerprint density at radius 3 is 2.85 bits per heavy atom. The molecule has 1 aromatic rings. The van der Waals surface area contributed by atoms with Crippen LogP contribution in [0.1, 0.15) is 12.0 Å². The Balaban J connectivity index is 1.89. The molecular formula is C13H17ClN2O3S. The van der Waals surface area contributed by atoms with Gasteiger partial charge in [-0.2, -0.15) is 0 Å². The highest BCUT2D eigenvalue weighted by atomic mass is 35.5. The van der Waals surface area contributed by atoms with E-state index in [0.717, 1.165) is 5.56 Å². The molecule has 1 aromatic carbocycles. The number of benzene rings is 1. The minimum Gasteiger partial charge on any atom is -0.334 e. The largest absolute Gasteiger partial charge is 0.334 e. The van der Waals surface area contributed by atoms with Crippen LogP contribution in [0, 0.1) is 0 Å². The maximum atomic E-state index is 12.0. The van der Waals surface area contributed by atoms with Crippen LogP contribution in [0.25, 0.3) is 0 Å². The lowest BCUT2D eigenvalue weighted by molar-refractivity contribution is 0.194. The van der Waals surface area contributed by atoms with Gasteiger partial charge in [-0.15, -0.1) is 0 Å². The fourth-order valence-electron chi connectivity index (χ4n) is 2.20. The van der Waals surface area contributed by atoms with Crippen molar-refractivity contribution in [2.75, 3.05) is 18.6 Å². The van der Waals surface area contributed by atoms with Gasteiger partial charge in [-0.25, -0.2) is 13.2 Å². The summed E-state index contributed by atoms with van der Waals surface area (Å²) in [5, 5.41) is 3.38. The Bertz CT molecular complexity index is 603. The molecule has 0 aromatic heterocycles. The molecule has 1 saturated heterocycles. The van der Waals surface area contributed by atoms with Crippen LogP contribution in [0.15, 0.2) is 24.3 Å². The van der Waals surface area contributed by atoms with E-state index in [9.17, 15) is 13.2 Å². The van der Waals surface area contributed by atoms with Crippen LogP contribution in [0.2, 0.25) is 5.02 Å². The summed E-state index contributed by atoms with van der Waals surface area (Å²) in [6, 6.07) is 6.72. The number of hydrogen-bond donors (Lipinski definition) is 1. The van der Waals surface area contributed by atoms with E-state index in [4.69, 9.17) is 11.6 Å². The second-order valence-electron chi connectivity index (χ2n) is 4.96.